The highest BCUT2D eigenvalue weighted by molar-refractivity contribution is 9.10. The van der Waals surface area contributed by atoms with Crippen molar-refractivity contribution in [3.8, 4) is 0 Å². The van der Waals surface area contributed by atoms with Crippen molar-refractivity contribution in [1.29, 1.82) is 0 Å². The Balaban J connectivity index is 0.00000306. The normalized spacial score (nSPS) is 12.7. The number of hydrogen-bond acceptors (Lipinski definition) is 5. The van der Waals surface area contributed by atoms with Gasteiger partial charge in [-0.05, 0) is 46.6 Å². The fourth-order valence-electron chi connectivity index (χ4n) is 3.67. The number of aliphatic imine (C=N–C) groups is 1. The van der Waals surface area contributed by atoms with Gasteiger partial charge in [0.15, 0.2) is 5.78 Å². The Morgan fingerprint density at radius 3 is 2.52 bits per heavy atom. The number of ketones is 1. The molecule has 1 aliphatic heterocycles. The molecule has 0 unspecified atom stereocenters. The lowest BCUT2D eigenvalue weighted by Gasteiger charge is -2.18. The maximum atomic E-state index is 12.9. The van der Waals surface area contributed by atoms with Gasteiger partial charge in [-0.1, -0.05) is 49.9 Å². The number of likely N-dealkylation sites (N-methyl/N-ethyl adjacent to an activating group) is 1. The van der Waals surface area contributed by atoms with Gasteiger partial charge in [0, 0.05) is 46.9 Å². The fraction of sp³-hybridized carbons (Fsp3) is 0.231. The standard InChI is InChI=1S/C25H23BrN4O2.CH4/c1-2-30-14-13-27-24(30)18-9-7-17(8-10-18)22(31)15-19-5-3-4-6-21(19)25(32)29-23-12-11-20(26)16-28-23;/h3-12,16H,2,13-15H2,1H3,(H,28,29,32);1H4. The molecule has 0 bridgehead atoms. The van der Waals surface area contributed by atoms with Gasteiger partial charge >= 0.3 is 0 Å². The van der Waals surface area contributed by atoms with Crippen LogP contribution in [-0.4, -0.2) is 47.0 Å². The Kier molecular flexibility index (Phi) is 8.11. The molecule has 0 saturated carbocycles. The number of amidine groups is 1. The van der Waals surface area contributed by atoms with Crippen molar-refractivity contribution >= 4 is 39.3 Å². The van der Waals surface area contributed by atoms with Crippen LogP contribution in [0.25, 0.3) is 0 Å². The first-order valence-corrected chi connectivity index (χ1v) is 11.3. The second-order valence-corrected chi connectivity index (χ2v) is 8.35. The van der Waals surface area contributed by atoms with E-state index < -0.39 is 0 Å². The van der Waals surface area contributed by atoms with E-state index in [9.17, 15) is 9.59 Å². The zero-order valence-electron chi connectivity index (χ0n) is 17.7. The van der Waals surface area contributed by atoms with Crippen molar-refractivity contribution in [2.24, 2.45) is 4.99 Å². The van der Waals surface area contributed by atoms with Crippen molar-refractivity contribution in [1.82, 2.24) is 9.88 Å². The van der Waals surface area contributed by atoms with E-state index in [1.54, 1.807) is 30.5 Å². The second kappa shape index (κ2) is 11.0. The van der Waals surface area contributed by atoms with Gasteiger partial charge in [-0.2, -0.15) is 0 Å². The molecule has 33 heavy (non-hydrogen) atoms. The van der Waals surface area contributed by atoms with E-state index in [2.05, 4.69) is 43.0 Å². The Bertz CT molecular complexity index is 1160. The molecular formula is C26H27BrN4O2. The second-order valence-electron chi connectivity index (χ2n) is 7.44. The van der Waals surface area contributed by atoms with Crippen molar-refractivity contribution in [2.45, 2.75) is 20.8 Å². The van der Waals surface area contributed by atoms with E-state index >= 15 is 0 Å². The summed E-state index contributed by atoms with van der Waals surface area (Å²) in [5.41, 5.74) is 2.76. The van der Waals surface area contributed by atoms with Crippen LogP contribution in [0.15, 0.2) is 76.3 Å². The Morgan fingerprint density at radius 1 is 1.06 bits per heavy atom. The molecule has 0 atom stereocenters. The van der Waals surface area contributed by atoms with Crippen LogP contribution < -0.4 is 5.32 Å². The van der Waals surface area contributed by atoms with Crippen LogP contribution >= 0.6 is 15.9 Å². The van der Waals surface area contributed by atoms with Crippen molar-refractivity contribution in [3.05, 3.63) is 93.6 Å². The van der Waals surface area contributed by atoms with Gasteiger partial charge in [-0.3, -0.25) is 14.6 Å². The first-order valence-electron chi connectivity index (χ1n) is 10.5. The lowest BCUT2D eigenvalue weighted by molar-refractivity contribution is 0.0992. The highest BCUT2D eigenvalue weighted by Crippen LogP contribution is 2.18. The topological polar surface area (TPSA) is 74.7 Å². The van der Waals surface area contributed by atoms with Crippen LogP contribution in [0.1, 0.15) is 46.2 Å². The summed E-state index contributed by atoms with van der Waals surface area (Å²) >= 11 is 3.33. The largest absolute Gasteiger partial charge is 0.355 e. The Hall–Kier alpha value is -3.32. The smallest absolute Gasteiger partial charge is 0.257 e. The average molecular weight is 507 g/mol. The van der Waals surface area contributed by atoms with Gasteiger partial charge in [0.2, 0.25) is 0 Å². The molecule has 0 fully saturated rings. The van der Waals surface area contributed by atoms with Crippen LogP contribution in [0.2, 0.25) is 0 Å². The Morgan fingerprint density at radius 2 is 1.82 bits per heavy atom. The van der Waals surface area contributed by atoms with E-state index in [-0.39, 0.29) is 25.5 Å². The van der Waals surface area contributed by atoms with Crippen LogP contribution in [-0.2, 0) is 6.42 Å². The number of benzene rings is 2. The van der Waals surface area contributed by atoms with Gasteiger partial charge in [-0.25, -0.2) is 4.98 Å². The zero-order valence-corrected chi connectivity index (χ0v) is 19.3. The number of carbonyl (C=O) groups excluding carboxylic acids is 2. The quantitative estimate of drug-likeness (QED) is 0.444. The monoisotopic (exact) mass is 506 g/mol. The number of pyridine rings is 1. The molecule has 4 rings (SSSR count). The summed E-state index contributed by atoms with van der Waals surface area (Å²) in [6, 6.07) is 18.2. The highest BCUT2D eigenvalue weighted by atomic mass is 79.9. The van der Waals surface area contributed by atoms with E-state index in [1.165, 1.54) is 0 Å². The molecule has 3 aromatic rings. The van der Waals surface area contributed by atoms with Gasteiger partial charge in [0.1, 0.15) is 11.7 Å². The third-order valence-electron chi connectivity index (χ3n) is 5.36. The lowest BCUT2D eigenvalue weighted by Crippen LogP contribution is -2.28. The average Bonchev–Trinajstić information content (AvgIpc) is 3.30. The number of anilines is 1. The van der Waals surface area contributed by atoms with Crippen molar-refractivity contribution in [2.75, 3.05) is 25.0 Å². The third-order valence-corrected chi connectivity index (χ3v) is 5.83. The predicted octanol–water partition coefficient (Wildman–Crippen LogP) is 5.24. The van der Waals surface area contributed by atoms with Gasteiger partial charge in [0.25, 0.3) is 5.91 Å². The first kappa shape index (κ1) is 24.3. The number of carbonyl (C=O) groups is 2. The van der Waals surface area contributed by atoms with E-state index in [0.29, 0.717) is 22.5 Å². The summed E-state index contributed by atoms with van der Waals surface area (Å²) < 4.78 is 0.829. The molecule has 1 aliphatic rings. The van der Waals surface area contributed by atoms with E-state index in [4.69, 9.17) is 0 Å². The molecule has 2 aromatic carbocycles. The number of aromatic nitrogens is 1. The summed E-state index contributed by atoms with van der Waals surface area (Å²) in [5, 5.41) is 2.79. The number of Topliss-reactive ketones (excluding diaryl/α,β-unsaturated/α-hetero) is 1. The number of nitrogens with zero attached hydrogens (tertiary/aromatic N) is 3. The molecule has 0 radical (unpaired) electrons. The SMILES string of the molecule is C.CCN1CCN=C1c1ccc(C(=O)Cc2ccccc2C(=O)Nc2ccc(Br)cn2)cc1. The van der Waals surface area contributed by atoms with Crippen molar-refractivity contribution < 1.29 is 9.59 Å². The molecule has 1 amide bonds. The lowest BCUT2D eigenvalue weighted by atomic mass is 9.97. The number of halogens is 1. The first-order chi connectivity index (χ1) is 15.5. The number of hydrogen-bond donors (Lipinski definition) is 1. The number of rotatable bonds is 7. The minimum Gasteiger partial charge on any atom is -0.355 e. The maximum absolute atomic E-state index is 12.9. The minimum atomic E-state index is -0.294. The molecule has 170 valence electrons. The molecule has 1 aromatic heterocycles. The fourth-order valence-corrected chi connectivity index (χ4v) is 3.91. The molecule has 1 N–H and O–H groups in total. The van der Waals surface area contributed by atoms with Crippen LogP contribution in [0, 0.1) is 0 Å². The highest BCUT2D eigenvalue weighted by Gasteiger charge is 2.18. The molecule has 0 saturated heterocycles. The van der Waals surface area contributed by atoms with E-state index in [0.717, 1.165) is 35.5 Å². The number of amides is 1. The van der Waals surface area contributed by atoms with Crippen LogP contribution in [0.3, 0.4) is 0 Å². The third kappa shape index (κ3) is 5.73. The summed E-state index contributed by atoms with van der Waals surface area (Å²) in [4.78, 5) is 36.7. The Labute approximate surface area is 202 Å². The van der Waals surface area contributed by atoms with Gasteiger partial charge < -0.3 is 10.2 Å². The van der Waals surface area contributed by atoms with Gasteiger partial charge in [-0.15, -0.1) is 0 Å². The molecule has 2 heterocycles. The van der Waals surface area contributed by atoms with Crippen LogP contribution in [0.5, 0.6) is 0 Å². The van der Waals surface area contributed by atoms with Crippen LogP contribution in [0.4, 0.5) is 5.82 Å². The summed E-state index contributed by atoms with van der Waals surface area (Å²) in [5.74, 6) is 1.10. The summed E-state index contributed by atoms with van der Waals surface area (Å²) in [7, 11) is 0. The minimum absolute atomic E-state index is 0. The van der Waals surface area contributed by atoms with Gasteiger partial charge in [0.05, 0.1) is 6.54 Å². The maximum Gasteiger partial charge on any atom is 0.257 e. The summed E-state index contributed by atoms with van der Waals surface area (Å²) in [6.45, 7) is 4.76. The summed E-state index contributed by atoms with van der Waals surface area (Å²) in [6.07, 6.45) is 1.75. The van der Waals surface area contributed by atoms with Crippen molar-refractivity contribution in [3.63, 3.8) is 0 Å². The molecule has 0 aliphatic carbocycles. The number of nitrogens with one attached hydrogen (secondary N) is 1. The molecule has 6 nitrogen and oxygen atoms in total. The molecular weight excluding hydrogens is 480 g/mol. The van der Waals surface area contributed by atoms with E-state index in [1.807, 2.05) is 36.4 Å². The molecule has 0 spiro atoms. The molecule has 7 heteroatoms. The zero-order chi connectivity index (χ0) is 22.5. The predicted molar refractivity (Wildman–Crippen MR) is 136 cm³/mol.